The first-order chi connectivity index (χ1) is 15.3. The van der Waals surface area contributed by atoms with E-state index in [-0.39, 0.29) is 22.7 Å². The average Bonchev–Trinajstić information content (AvgIpc) is 2.73. The Kier molecular flexibility index (Phi) is 9.00. The van der Waals surface area contributed by atoms with E-state index in [4.69, 9.17) is 18.9 Å². The fraction of sp³-hybridized carbons (Fsp3) is 0.348. The average molecular weight is 447 g/mol. The van der Waals surface area contributed by atoms with Crippen LogP contribution in [0.3, 0.4) is 0 Å². The van der Waals surface area contributed by atoms with Gasteiger partial charge in [0.2, 0.25) is 17.4 Å². The molecule has 2 aromatic rings. The number of ether oxygens (including phenoxy) is 4. The highest BCUT2D eigenvalue weighted by Gasteiger charge is 2.21. The van der Waals surface area contributed by atoms with Crippen LogP contribution in [0.5, 0.6) is 17.2 Å². The molecule has 0 spiro atoms. The minimum atomic E-state index is -0.837. The second-order valence-electron chi connectivity index (χ2n) is 6.48. The van der Waals surface area contributed by atoms with Gasteiger partial charge in [-0.2, -0.15) is 0 Å². The number of benzene rings is 2. The quantitative estimate of drug-likeness (QED) is 0.410. The van der Waals surface area contributed by atoms with E-state index in [0.717, 1.165) is 6.07 Å². The molecule has 2 aromatic carbocycles. The van der Waals surface area contributed by atoms with Gasteiger partial charge in [0.15, 0.2) is 18.1 Å². The predicted octanol–water partition coefficient (Wildman–Crippen LogP) is 4.02. The number of nitrogens with one attached hydrogen (secondary N) is 1. The number of Topliss-reactive ketones (excluding diaryl/α,β-unsaturated/α-hetero) is 1. The van der Waals surface area contributed by atoms with Gasteiger partial charge in [-0.05, 0) is 51.1 Å². The summed E-state index contributed by atoms with van der Waals surface area (Å²) in [4.78, 5) is 36.0. The molecule has 8 nitrogen and oxygen atoms in total. The maximum atomic E-state index is 14.2. The molecule has 1 amide bonds. The van der Waals surface area contributed by atoms with Gasteiger partial charge in [0, 0.05) is 12.6 Å². The molecule has 0 aliphatic rings. The van der Waals surface area contributed by atoms with Crippen LogP contribution < -0.4 is 19.5 Å². The van der Waals surface area contributed by atoms with Crippen molar-refractivity contribution >= 4 is 23.3 Å². The maximum Gasteiger partial charge on any atom is 0.338 e. The number of hydrogen-bond donors (Lipinski definition) is 1. The number of carbonyl (C=O) groups excluding carboxylic acids is 3. The molecule has 0 atom stereocenters. The summed E-state index contributed by atoms with van der Waals surface area (Å²) in [5, 5.41) is 2.42. The second kappa shape index (κ2) is 11.7. The Hall–Kier alpha value is -3.62. The van der Waals surface area contributed by atoms with E-state index in [0.29, 0.717) is 37.1 Å². The minimum Gasteiger partial charge on any atom is -0.490 e. The molecule has 9 heteroatoms. The van der Waals surface area contributed by atoms with Crippen LogP contribution in [0, 0.1) is 5.82 Å². The molecule has 2 rings (SSSR count). The Morgan fingerprint density at radius 1 is 0.906 bits per heavy atom. The number of anilines is 1. The summed E-state index contributed by atoms with van der Waals surface area (Å²) in [6.45, 7) is 7.01. The molecular weight excluding hydrogens is 421 g/mol. The largest absolute Gasteiger partial charge is 0.490 e. The number of ketones is 1. The Labute approximate surface area is 185 Å². The van der Waals surface area contributed by atoms with Crippen molar-refractivity contribution in [3.8, 4) is 17.2 Å². The third kappa shape index (κ3) is 6.44. The number of hydrogen-bond acceptors (Lipinski definition) is 7. The molecule has 0 bridgehead atoms. The normalized spacial score (nSPS) is 10.3. The van der Waals surface area contributed by atoms with E-state index < -0.39 is 24.2 Å². The van der Waals surface area contributed by atoms with E-state index >= 15 is 0 Å². The topological polar surface area (TPSA) is 100 Å². The summed E-state index contributed by atoms with van der Waals surface area (Å²) in [6.07, 6.45) is 0. The predicted molar refractivity (Wildman–Crippen MR) is 115 cm³/mol. The molecule has 32 heavy (non-hydrogen) atoms. The van der Waals surface area contributed by atoms with Gasteiger partial charge in [0.1, 0.15) is 5.82 Å². The summed E-state index contributed by atoms with van der Waals surface area (Å²) in [5.74, 6) is -1.77. The standard InChI is InChI=1S/C23H26FNO7/c1-5-29-20-10-15(11-21(30-6-2)22(20)31-7-3)23(28)32-13-19(27)17-9-8-16(12-18(17)24)25-14(4)26/h8-12H,5-7,13H2,1-4H3,(H,25,26). The second-order valence-corrected chi connectivity index (χ2v) is 6.48. The monoisotopic (exact) mass is 447 g/mol. The van der Waals surface area contributed by atoms with Crippen LogP contribution in [0.2, 0.25) is 0 Å². The molecule has 0 radical (unpaired) electrons. The fourth-order valence-corrected chi connectivity index (χ4v) is 2.82. The summed E-state index contributed by atoms with van der Waals surface area (Å²) < 4.78 is 36.0. The van der Waals surface area contributed by atoms with Crippen LogP contribution in [0.1, 0.15) is 48.4 Å². The van der Waals surface area contributed by atoms with Crippen molar-refractivity contribution in [2.24, 2.45) is 0 Å². The van der Waals surface area contributed by atoms with Crippen molar-refractivity contribution in [2.75, 3.05) is 31.7 Å². The zero-order valence-corrected chi connectivity index (χ0v) is 18.5. The summed E-state index contributed by atoms with van der Waals surface area (Å²) >= 11 is 0. The molecule has 172 valence electrons. The molecule has 0 aliphatic carbocycles. The van der Waals surface area contributed by atoms with Gasteiger partial charge in [-0.25, -0.2) is 9.18 Å². The summed E-state index contributed by atoms with van der Waals surface area (Å²) in [7, 11) is 0. The van der Waals surface area contributed by atoms with E-state index in [9.17, 15) is 18.8 Å². The van der Waals surface area contributed by atoms with Crippen molar-refractivity contribution < 1.29 is 37.7 Å². The summed E-state index contributed by atoms with van der Waals surface area (Å²) in [5.41, 5.74) is 0.0445. The highest BCUT2D eigenvalue weighted by Crippen LogP contribution is 2.39. The lowest BCUT2D eigenvalue weighted by Gasteiger charge is -2.16. The lowest BCUT2D eigenvalue weighted by Crippen LogP contribution is -2.16. The number of esters is 1. The van der Waals surface area contributed by atoms with E-state index in [2.05, 4.69) is 5.32 Å². The number of rotatable bonds is 11. The van der Waals surface area contributed by atoms with E-state index in [1.807, 2.05) is 0 Å². The molecule has 0 saturated carbocycles. The van der Waals surface area contributed by atoms with Crippen molar-refractivity contribution in [1.82, 2.24) is 0 Å². The smallest absolute Gasteiger partial charge is 0.338 e. The lowest BCUT2D eigenvalue weighted by atomic mass is 10.1. The first-order valence-corrected chi connectivity index (χ1v) is 10.1. The van der Waals surface area contributed by atoms with Crippen molar-refractivity contribution in [3.63, 3.8) is 0 Å². The molecule has 0 fully saturated rings. The van der Waals surface area contributed by atoms with Gasteiger partial charge in [0.05, 0.1) is 30.9 Å². The van der Waals surface area contributed by atoms with Gasteiger partial charge in [-0.15, -0.1) is 0 Å². The minimum absolute atomic E-state index is 0.0923. The highest BCUT2D eigenvalue weighted by atomic mass is 19.1. The zero-order chi connectivity index (χ0) is 23.7. The molecule has 0 heterocycles. The van der Waals surface area contributed by atoms with Gasteiger partial charge in [-0.3, -0.25) is 9.59 Å². The van der Waals surface area contributed by atoms with Crippen LogP contribution >= 0.6 is 0 Å². The van der Waals surface area contributed by atoms with Crippen molar-refractivity contribution in [2.45, 2.75) is 27.7 Å². The third-order valence-electron chi connectivity index (χ3n) is 4.07. The Morgan fingerprint density at radius 3 is 2.00 bits per heavy atom. The number of amides is 1. The molecule has 1 N–H and O–H groups in total. The zero-order valence-electron chi connectivity index (χ0n) is 18.5. The number of carbonyl (C=O) groups is 3. The molecule has 0 aromatic heterocycles. The molecule has 0 saturated heterocycles. The highest BCUT2D eigenvalue weighted by molar-refractivity contribution is 6.00. The fourth-order valence-electron chi connectivity index (χ4n) is 2.82. The van der Waals surface area contributed by atoms with Crippen molar-refractivity contribution in [3.05, 3.63) is 47.3 Å². The Balaban J connectivity index is 2.18. The van der Waals surface area contributed by atoms with E-state index in [1.54, 1.807) is 20.8 Å². The van der Waals surface area contributed by atoms with Crippen LogP contribution in [-0.4, -0.2) is 44.1 Å². The molecule has 0 aliphatic heterocycles. The van der Waals surface area contributed by atoms with Gasteiger partial charge in [-0.1, -0.05) is 0 Å². The van der Waals surface area contributed by atoms with Gasteiger partial charge < -0.3 is 24.3 Å². The van der Waals surface area contributed by atoms with E-state index in [1.165, 1.54) is 31.2 Å². The molecule has 0 unspecified atom stereocenters. The first kappa shape index (κ1) is 24.6. The third-order valence-corrected chi connectivity index (χ3v) is 4.07. The van der Waals surface area contributed by atoms with Crippen LogP contribution in [-0.2, 0) is 9.53 Å². The van der Waals surface area contributed by atoms with Crippen LogP contribution in [0.25, 0.3) is 0 Å². The first-order valence-electron chi connectivity index (χ1n) is 10.1. The SMILES string of the molecule is CCOc1cc(C(=O)OCC(=O)c2ccc(NC(C)=O)cc2F)cc(OCC)c1OCC. The number of halogens is 1. The van der Waals surface area contributed by atoms with Gasteiger partial charge >= 0.3 is 5.97 Å². The Morgan fingerprint density at radius 2 is 1.50 bits per heavy atom. The molecular formula is C23H26FNO7. The maximum absolute atomic E-state index is 14.2. The van der Waals surface area contributed by atoms with Crippen molar-refractivity contribution in [1.29, 1.82) is 0 Å². The van der Waals surface area contributed by atoms with Crippen LogP contribution in [0.15, 0.2) is 30.3 Å². The Bertz CT molecular complexity index is 963. The van der Waals surface area contributed by atoms with Gasteiger partial charge in [0.25, 0.3) is 0 Å². The summed E-state index contributed by atoms with van der Waals surface area (Å²) in [6, 6.07) is 6.49. The lowest BCUT2D eigenvalue weighted by molar-refractivity contribution is -0.114. The van der Waals surface area contributed by atoms with Crippen LogP contribution in [0.4, 0.5) is 10.1 Å².